The smallest absolute Gasteiger partial charge is 0.296 e. The van der Waals surface area contributed by atoms with Crippen molar-refractivity contribution in [1.29, 1.82) is 0 Å². The fourth-order valence-corrected chi connectivity index (χ4v) is 5.88. The number of aromatic nitrogens is 1. The Morgan fingerprint density at radius 1 is 1.11 bits per heavy atom. The molecule has 2 aromatic heterocycles. The zero-order valence-electron chi connectivity index (χ0n) is 19.7. The number of hydrogen-bond donors (Lipinski definition) is 1. The number of hydrogen-bond acceptors (Lipinski definition) is 7. The fraction of sp³-hybridized carbons (Fsp3) is 0.222. The Morgan fingerprint density at radius 2 is 1.86 bits per heavy atom. The summed E-state index contributed by atoms with van der Waals surface area (Å²) in [5, 5.41) is 13.2. The maximum absolute atomic E-state index is 13.5. The van der Waals surface area contributed by atoms with E-state index in [9.17, 15) is 14.7 Å². The number of carbonyl (C=O) groups excluding carboxylic acids is 2. The number of aliphatic hydroxyl groups excluding tert-OH is 1. The number of fused-ring (bicyclic) bond motifs is 1. The van der Waals surface area contributed by atoms with Gasteiger partial charge in [0.1, 0.15) is 5.75 Å². The van der Waals surface area contributed by atoms with Crippen LogP contribution in [-0.4, -0.2) is 28.9 Å². The molecule has 0 spiro atoms. The molecule has 0 aliphatic carbocycles. The second-order valence-corrected chi connectivity index (χ2v) is 11.3. The van der Waals surface area contributed by atoms with Crippen LogP contribution in [0.2, 0.25) is 0 Å². The molecule has 1 N–H and O–H groups in total. The van der Waals surface area contributed by atoms with Crippen LogP contribution >= 0.6 is 22.7 Å². The summed E-state index contributed by atoms with van der Waals surface area (Å²) in [6.45, 7) is 6.38. The largest absolute Gasteiger partial charge is 0.503 e. The average Bonchev–Trinajstić information content (AvgIpc) is 3.56. The number of benzene rings is 2. The summed E-state index contributed by atoms with van der Waals surface area (Å²) < 4.78 is 6.16. The third-order valence-electron chi connectivity index (χ3n) is 6.08. The van der Waals surface area contributed by atoms with Crippen LogP contribution in [-0.2, 0) is 10.2 Å². The molecular weight excluding hydrogens is 480 g/mol. The summed E-state index contributed by atoms with van der Waals surface area (Å²) in [5.41, 5.74) is 2.58. The first-order chi connectivity index (χ1) is 16.7. The molecule has 0 saturated carbocycles. The monoisotopic (exact) mass is 504 g/mol. The number of rotatable bonds is 5. The van der Waals surface area contributed by atoms with Crippen LogP contribution < -0.4 is 9.64 Å². The second kappa shape index (κ2) is 8.62. The van der Waals surface area contributed by atoms with E-state index in [1.807, 2.05) is 42.5 Å². The Labute approximate surface area is 211 Å². The molecule has 3 heterocycles. The Morgan fingerprint density at radius 3 is 2.49 bits per heavy atom. The molecule has 4 aromatic rings. The average molecular weight is 505 g/mol. The first-order valence-electron chi connectivity index (χ1n) is 11.1. The van der Waals surface area contributed by atoms with Crippen molar-refractivity contribution in [2.24, 2.45) is 0 Å². The quantitative estimate of drug-likeness (QED) is 0.316. The van der Waals surface area contributed by atoms with Crippen molar-refractivity contribution >= 4 is 49.7 Å². The second-order valence-electron chi connectivity index (χ2n) is 9.35. The van der Waals surface area contributed by atoms with Crippen LogP contribution in [0.5, 0.6) is 5.75 Å². The number of ketones is 1. The van der Waals surface area contributed by atoms with E-state index >= 15 is 0 Å². The number of nitrogens with zero attached hydrogens (tertiary/aromatic N) is 2. The number of anilines is 1. The van der Waals surface area contributed by atoms with Gasteiger partial charge in [-0.05, 0) is 46.2 Å². The predicted octanol–water partition coefficient (Wildman–Crippen LogP) is 6.45. The number of amides is 1. The molecule has 5 rings (SSSR count). The van der Waals surface area contributed by atoms with Gasteiger partial charge in [-0.2, -0.15) is 0 Å². The van der Waals surface area contributed by atoms with Gasteiger partial charge < -0.3 is 9.84 Å². The Hall–Kier alpha value is -3.49. The number of thiazole rings is 1. The molecule has 8 heteroatoms. The molecule has 1 amide bonds. The minimum atomic E-state index is -0.798. The van der Waals surface area contributed by atoms with Crippen LogP contribution in [0.25, 0.3) is 10.2 Å². The van der Waals surface area contributed by atoms with E-state index in [0.717, 1.165) is 15.8 Å². The molecule has 0 radical (unpaired) electrons. The number of ether oxygens (including phenoxy) is 1. The van der Waals surface area contributed by atoms with Gasteiger partial charge in [-0.1, -0.05) is 62.4 Å². The normalized spacial score (nSPS) is 16.4. The number of aliphatic hydroxyl groups is 1. The van der Waals surface area contributed by atoms with Crippen molar-refractivity contribution in [3.63, 3.8) is 0 Å². The zero-order valence-corrected chi connectivity index (χ0v) is 21.4. The Balaban J connectivity index is 1.66. The molecule has 1 aliphatic heterocycles. The van der Waals surface area contributed by atoms with Gasteiger partial charge >= 0.3 is 0 Å². The lowest BCUT2D eigenvalue weighted by Gasteiger charge is -2.25. The summed E-state index contributed by atoms with van der Waals surface area (Å²) in [5.74, 6) is -0.851. The molecule has 1 aliphatic rings. The van der Waals surface area contributed by atoms with Gasteiger partial charge in [0.2, 0.25) is 5.78 Å². The lowest BCUT2D eigenvalue weighted by molar-refractivity contribution is -0.117. The third-order valence-corrected chi connectivity index (χ3v) is 7.97. The van der Waals surface area contributed by atoms with E-state index in [2.05, 4.69) is 25.8 Å². The Bertz CT molecular complexity index is 1460. The van der Waals surface area contributed by atoms with Gasteiger partial charge in [0.25, 0.3) is 5.91 Å². The van der Waals surface area contributed by atoms with E-state index in [1.54, 1.807) is 24.6 Å². The number of carbonyl (C=O) groups is 2. The minimum absolute atomic E-state index is 0.0522. The SMILES string of the molecule is COc1ccc2nc(N3C(=O)C(O)=C(C(=O)c4cccs4)[C@@H]3c3ccc(C(C)(C)C)cc3)sc2c1. The topological polar surface area (TPSA) is 79.7 Å². The van der Waals surface area contributed by atoms with Gasteiger partial charge in [0, 0.05) is 0 Å². The molecule has 178 valence electrons. The molecule has 1 atom stereocenters. The first-order valence-corrected chi connectivity index (χ1v) is 12.8. The summed E-state index contributed by atoms with van der Waals surface area (Å²) in [7, 11) is 1.59. The Kier molecular flexibility index (Phi) is 5.73. The van der Waals surface area contributed by atoms with Gasteiger partial charge in [-0.25, -0.2) is 4.98 Å². The highest BCUT2D eigenvalue weighted by atomic mass is 32.1. The maximum atomic E-state index is 13.5. The van der Waals surface area contributed by atoms with Crippen molar-refractivity contribution < 1.29 is 19.4 Å². The lowest BCUT2D eigenvalue weighted by Crippen LogP contribution is -2.31. The molecule has 0 unspecified atom stereocenters. The molecule has 0 saturated heterocycles. The standard InChI is InChI=1S/C27H24N2O4S2/c1-27(2,3)16-9-7-15(8-10-16)22-21(23(30)19-6-5-13-34-19)24(31)25(32)29(22)26-28-18-12-11-17(33-4)14-20(18)35-26/h5-14,22,31H,1-4H3/t22-/m0/s1. The van der Waals surface area contributed by atoms with E-state index in [-0.39, 0.29) is 16.8 Å². The van der Waals surface area contributed by atoms with Crippen LogP contribution in [0.4, 0.5) is 5.13 Å². The van der Waals surface area contributed by atoms with Crippen LogP contribution in [0.3, 0.4) is 0 Å². The molecule has 0 bridgehead atoms. The third kappa shape index (κ3) is 4.02. The molecule has 2 aromatic carbocycles. The maximum Gasteiger partial charge on any atom is 0.296 e. The number of Topliss-reactive ketones (excluding diaryl/α,β-unsaturated/α-hetero) is 1. The number of thiophene rings is 1. The molecule has 0 fully saturated rings. The van der Waals surface area contributed by atoms with E-state index in [4.69, 9.17) is 4.74 Å². The van der Waals surface area contributed by atoms with E-state index in [0.29, 0.717) is 21.3 Å². The van der Waals surface area contributed by atoms with Crippen molar-refractivity contribution in [3.8, 4) is 5.75 Å². The van der Waals surface area contributed by atoms with Gasteiger partial charge in [-0.3, -0.25) is 14.5 Å². The van der Waals surface area contributed by atoms with Gasteiger partial charge in [-0.15, -0.1) is 11.3 Å². The molecular formula is C27H24N2O4S2. The van der Waals surface area contributed by atoms with Gasteiger partial charge in [0.15, 0.2) is 10.9 Å². The van der Waals surface area contributed by atoms with Crippen LogP contribution in [0.1, 0.15) is 47.6 Å². The first kappa shape index (κ1) is 23.3. The highest BCUT2D eigenvalue weighted by molar-refractivity contribution is 7.22. The fourth-order valence-electron chi connectivity index (χ4n) is 4.18. The van der Waals surface area contributed by atoms with Crippen molar-refractivity contribution in [2.75, 3.05) is 12.0 Å². The summed E-state index contributed by atoms with van der Waals surface area (Å²) in [6.07, 6.45) is 0. The summed E-state index contributed by atoms with van der Waals surface area (Å²) in [4.78, 5) is 33.5. The summed E-state index contributed by atoms with van der Waals surface area (Å²) >= 11 is 2.59. The minimum Gasteiger partial charge on any atom is -0.503 e. The van der Waals surface area contributed by atoms with Crippen molar-refractivity contribution in [1.82, 2.24) is 4.98 Å². The molecule has 6 nitrogen and oxygen atoms in total. The number of methoxy groups -OCH3 is 1. The zero-order chi connectivity index (χ0) is 24.9. The van der Waals surface area contributed by atoms with E-state index < -0.39 is 17.7 Å². The lowest BCUT2D eigenvalue weighted by atomic mass is 9.85. The predicted molar refractivity (Wildman–Crippen MR) is 140 cm³/mol. The van der Waals surface area contributed by atoms with Crippen LogP contribution in [0, 0.1) is 0 Å². The highest BCUT2D eigenvalue weighted by Gasteiger charge is 2.46. The van der Waals surface area contributed by atoms with Crippen molar-refractivity contribution in [3.05, 3.63) is 87.3 Å². The highest BCUT2D eigenvalue weighted by Crippen LogP contribution is 2.45. The molecule has 35 heavy (non-hydrogen) atoms. The van der Waals surface area contributed by atoms with Crippen molar-refractivity contribution in [2.45, 2.75) is 32.2 Å². The van der Waals surface area contributed by atoms with Crippen LogP contribution in [0.15, 0.2) is 71.3 Å². The summed E-state index contributed by atoms with van der Waals surface area (Å²) in [6, 6.07) is 16.0. The van der Waals surface area contributed by atoms with Gasteiger partial charge in [0.05, 0.1) is 33.8 Å². The van der Waals surface area contributed by atoms with E-state index in [1.165, 1.54) is 27.6 Å².